The van der Waals surface area contributed by atoms with Gasteiger partial charge in [0.2, 0.25) is 0 Å². The summed E-state index contributed by atoms with van der Waals surface area (Å²) in [5.74, 6) is -0.562. The molecule has 0 spiro atoms. The summed E-state index contributed by atoms with van der Waals surface area (Å²) in [5.41, 5.74) is 2.84. The molecule has 0 unspecified atom stereocenters. The Bertz CT molecular complexity index is 1500. The molecule has 0 saturated carbocycles. The molecule has 0 atom stereocenters. The molecule has 158 valence electrons. The van der Waals surface area contributed by atoms with Crippen molar-refractivity contribution in [2.24, 2.45) is 5.10 Å². The lowest BCUT2D eigenvalue weighted by atomic mass is 10.2. The number of fused-ring (bicyclic) bond motifs is 1. The maximum atomic E-state index is 12.7. The zero-order valence-corrected chi connectivity index (χ0v) is 18.5. The van der Waals surface area contributed by atoms with Crippen molar-refractivity contribution in [1.82, 2.24) is 25.4 Å². The molecule has 0 fully saturated rings. The third-order valence-corrected chi connectivity index (χ3v) is 6.88. The number of hydrogen-bond acceptors (Lipinski definition) is 7. The van der Waals surface area contributed by atoms with Crippen molar-refractivity contribution in [3.05, 3.63) is 86.1 Å². The van der Waals surface area contributed by atoms with E-state index in [-0.39, 0.29) is 11.2 Å². The molecular formula is C21H13ClN6O2S2. The molecule has 0 radical (unpaired) electrons. The minimum atomic E-state index is -0.562. The highest BCUT2D eigenvalue weighted by Crippen LogP contribution is 2.30. The van der Waals surface area contributed by atoms with Crippen LogP contribution in [0.4, 0.5) is 0 Å². The number of carbonyl (C=O) groups excluding carboxylic acids is 1. The predicted molar refractivity (Wildman–Crippen MR) is 127 cm³/mol. The molecule has 0 bridgehead atoms. The summed E-state index contributed by atoms with van der Waals surface area (Å²) < 4.78 is 1.43. The van der Waals surface area contributed by atoms with Crippen molar-refractivity contribution in [2.45, 2.75) is 0 Å². The lowest BCUT2D eigenvalue weighted by Crippen LogP contribution is -2.23. The summed E-state index contributed by atoms with van der Waals surface area (Å²) in [6, 6.07) is 14.8. The van der Waals surface area contributed by atoms with E-state index in [0.717, 1.165) is 9.75 Å². The van der Waals surface area contributed by atoms with Crippen LogP contribution in [0.2, 0.25) is 5.02 Å². The van der Waals surface area contributed by atoms with E-state index in [1.54, 1.807) is 53.2 Å². The molecule has 4 aromatic heterocycles. The molecule has 2 N–H and O–H groups in total. The molecule has 0 aliphatic heterocycles. The highest BCUT2D eigenvalue weighted by Gasteiger charge is 2.18. The Labute approximate surface area is 193 Å². The minimum Gasteiger partial charge on any atom is -0.266 e. The van der Waals surface area contributed by atoms with Crippen LogP contribution in [-0.2, 0) is 0 Å². The lowest BCUT2D eigenvalue weighted by molar-refractivity contribution is 0.0951. The smallest absolute Gasteiger partial charge is 0.266 e. The van der Waals surface area contributed by atoms with Gasteiger partial charge in [0.25, 0.3) is 11.5 Å². The standard InChI is InChI=1S/C21H13ClN6O2S2/c22-12-3-5-13(6-4-12)28-19-15(11-24-28)18(25-27-21(19)30)20(29)26-23-10-14-7-8-17(32-14)16-2-1-9-31-16/h1-11H,(H,26,29)(H,27,30)/b23-10+. The third kappa shape index (κ3) is 3.86. The molecule has 1 aromatic carbocycles. The second-order valence-electron chi connectivity index (χ2n) is 6.57. The summed E-state index contributed by atoms with van der Waals surface area (Å²) in [6.07, 6.45) is 3.00. The van der Waals surface area contributed by atoms with Crippen LogP contribution >= 0.6 is 34.3 Å². The molecule has 5 aromatic rings. The first-order chi connectivity index (χ1) is 15.6. The number of aromatic amines is 1. The van der Waals surface area contributed by atoms with Crippen LogP contribution < -0.4 is 11.0 Å². The minimum absolute atomic E-state index is 0.0161. The van der Waals surface area contributed by atoms with Crippen molar-refractivity contribution >= 4 is 57.3 Å². The van der Waals surface area contributed by atoms with Gasteiger partial charge in [-0.1, -0.05) is 17.7 Å². The fraction of sp³-hybridized carbons (Fsp3) is 0. The van der Waals surface area contributed by atoms with E-state index in [4.69, 9.17) is 11.6 Å². The zero-order chi connectivity index (χ0) is 22.1. The number of thiophene rings is 2. The molecule has 5 rings (SSSR count). The van der Waals surface area contributed by atoms with Crippen molar-refractivity contribution in [1.29, 1.82) is 0 Å². The maximum absolute atomic E-state index is 12.7. The number of nitrogens with zero attached hydrogens (tertiary/aromatic N) is 4. The number of benzene rings is 1. The number of carbonyl (C=O) groups is 1. The Hall–Kier alpha value is -3.60. The van der Waals surface area contributed by atoms with Crippen LogP contribution in [-0.4, -0.2) is 32.1 Å². The van der Waals surface area contributed by atoms with E-state index in [9.17, 15) is 9.59 Å². The van der Waals surface area contributed by atoms with Gasteiger partial charge < -0.3 is 0 Å². The molecule has 0 saturated heterocycles. The summed E-state index contributed by atoms with van der Waals surface area (Å²) in [4.78, 5) is 28.3. The van der Waals surface area contributed by atoms with Gasteiger partial charge in [-0.05, 0) is 47.8 Å². The number of halogens is 1. The average molecular weight is 481 g/mol. The second-order valence-corrected chi connectivity index (χ2v) is 9.07. The fourth-order valence-corrected chi connectivity index (χ4v) is 4.93. The number of H-pyrrole nitrogens is 1. The van der Waals surface area contributed by atoms with Crippen molar-refractivity contribution in [3.63, 3.8) is 0 Å². The Morgan fingerprint density at radius 3 is 2.78 bits per heavy atom. The molecule has 8 nitrogen and oxygen atoms in total. The summed E-state index contributed by atoms with van der Waals surface area (Å²) >= 11 is 9.17. The predicted octanol–water partition coefficient (Wildman–Crippen LogP) is 4.32. The van der Waals surface area contributed by atoms with E-state index in [1.807, 2.05) is 23.6 Å². The number of hydrogen-bond donors (Lipinski definition) is 2. The number of amides is 1. The molecule has 11 heteroatoms. The van der Waals surface area contributed by atoms with Gasteiger partial charge in [0.15, 0.2) is 5.69 Å². The van der Waals surface area contributed by atoms with Gasteiger partial charge in [-0.2, -0.15) is 15.3 Å². The monoisotopic (exact) mass is 480 g/mol. The number of nitrogens with one attached hydrogen (secondary N) is 2. The molecule has 0 aliphatic carbocycles. The van der Waals surface area contributed by atoms with Gasteiger partial charge in [-0.3, -0.25) is 9.59 Å². The summed E-state index contributed by atoms with van der Waals surface area (Å²) in [5, 5.41) is 17.4. The Balaban J connectivity index is 1.39. The highest BCUT2D eigenvalue weighted by atomic mass is 35.5. The van der Waals surface area contributed by atoms with Crippen molar-refractivity contribution in [3.8, 4) is 15.4 Å². The molecule has 1 amide bonds. The van der Waals surface area contributed by atoms with Crippen LogP contribution in [0.15, 0.2) is 70.0 Å². The lowest BCUT2D eigenvalue weighted by Gasteiger charge is -2.04. The molecule has 4 heterocycles. The number of hydrazone groups is 1. The number of aromatic nitrogens is 4. The van der Waals surface area contributed by atoms with Gasteiger partial charge in [0, 0.05) is 19.7 Å². The van der Waals surface area contributed by atoms with E-state index in [1.165, 1.54) is 15.8 Å². The topological polar surface area (TPSA) is 105 Å². The Morgan fingerprint density at radius 2 is 2.00 bits per heavy atom. The van der Waals surface area contributed by atoms with Gasteiger partial charge in [0.1, 0.15) is 5.52 Å². The fourth-order valence-electron chi connectivity index (χ4n) is 3.09. The second kappa shape index (κ2) is 8.50. The van der Waals surface area contributed by atoms with Gasteiger partial charge in [0.05, 0.1) is 23.5 Å². The average Bonchev–Trinajstić information content (AvgIpc) is 3.55. The van der Waals surface area contributed by atoms with Crippen molar-refractivity contribution in [2.75, 3.05) is 0 Å². The van der Waals surface area contributed by atoms with E-state index in [2.05, 4.69) is 31.9 Å². The quantitative estimate of drug-likeness (QED) is 0.288. The first-order valence-electron chi connectivity index (χ1n) is 9.29. The largest absolute Gasteiger partial charge is 0.292 e. The molecule has 0 aliphatic rings. The van der Waals surface area contributed by atoms with Crippen LogP contribution in [0.5, 0.6) is 0 Å². The summed E-state index contributed by atoms with van der Waals surface area (Å²) in [7, 11) is 0. The van der Waals surface area contributed by atoms with E-state index >= 15 is 0 Å². The third-order valence-electron chi connectivity index (χ3n) is 4.54. The van der Waals surface area contributed by atoms with Gasteiger partial charge >= 0.3 is 0 Å². The Morgan fingerprint density at radius 1 is 1.16 bits per heavy atom. The van der Waals surface area contributed by atoms with Gasteiger partial charge in [-0.15, -0.1) is 22.7 Å². The first-order valence-corrected chi connectivity index (χ1v) is 11.4. The van der Waals surface area contributed by atoms with Crippen LogP contribution in [0.25, 0.3) is 26.3 Å². The Kier molecular flexibility index (Phi) is 5.39. The van der Waals surface area contributed by atoms with E-state index in [0.29, 0.717) is 16.1 Å². The van der Waals surface area contributed by atoms with Crippen LogP contribution in [0.3, 0.4) is 0 Å². The van der Waals surface area contributed by atoms with E-state index < -0.39 is 11.5 Å². The SMILES string of the molecule is O=C(N/N=C/c1ccc(-c2cccs2)s1)c1n[nH]c(=O)c2c1cnn2-c1ccc(Cl)cc1. The van der Waals surface area contributed by atoms with Crippen molar-refractivity contribution < 1.29 is 4.79 Å². The van der Waals surface area contributed by atoms with Crippen LogP contribution in [0, 0.1) is 0 Å². The number of rotatable bonds is 5. The first kappa shape index (κ1) is 20.3. The maximum Gasteiger partial charge on any atom is 0.292 e. The highest BCUT2D eigenvalue weighted by molar-refractivity contribution is 7.22. The van der Waals surface area contributed by atoms with Gasteiger partial charge in [-0.25, -0.2) is 15.2 Å². The zero-order valence-electron chi connectivity index (χ0n) is 16.2. The molecular weight excluding hydrogens is 468 g/mol. The van der Waals surface area contributed by atoms with Crippen LogP contribution in [0.1, 0.15) is 15.4 Å². The summed E-state index contributed by atoms with van der Waals surface area (Å²) in [6.45, 7) is 0. The molecule has 32 heavy (non-hydrogen) atoms. The normalized spacial score (nSPS) is 11.4.